The second kappa shape index (κ2) is 12.4. The van der Waals surface area contributed by atoms with E-state index in [9.17, 15) is 14.4 Å². The van der Waals surface area contributed by atoms with Gasteiger partial charge in [0.1, 0.15) is 11.4 Å². The van der Waals surface area contributed by atoms with Gasteiger partial charge in [0, 0.05) is 25.2 Å². The van der Waals surface area contributed by atoms with Crippen molar-refractivity contribution in [2.45, 2.75) is 58.1 Å². The molecule has 0 saturated carbocycles. The zero-order valence-corrected chi connectivity index (χ0v) is 21.5. The van der Waals surface area contributed by atoms with Crippen LogP contribution in [-0.4, -0.2) is 55.3 Å². The van der Waals surface area contributed by atoms with Crippen LogP contribution in [0.4, 0.5) is 4.79 Å². The largest absolute Gasteiger partial charge is 0.493 e. The number of rotatable bonds is 8. The predicted molar refractivity (Wildman–Crippen MR) is 136 cm³/mol. The minimum Gasteiger partial charge on any atom is -0.493 e. The van der Waals surface area contributed by atoms with Gasteiger partial charge in [-0.2, -0.15) is 0 Å². The zero-order chi connectivity index (χ0) is 26.1. The summed E-state index contributed by atoms with van der Waals surface area (Å²) in [4.78, 5) is 38.1. The summed E-state index contributed by atoms with van der Waals surface area (Å²) in [6.45, 7) is 7.43. The molecule has 8 nitrogen and oxygen atoms in total. The molecule has 0 aromatic heterocycles. The monoisotopic (exact) mass is 496 g/mol. The molecule has 8 heteroatoms. The van der Waals surface area contributed by atoms with Crippen LogP contribution in [0.2, 0.25) is 0 Å². The molecular weight excluding hydrogens is 460 g/mol. The fourth-order valence-electron chi connectivity index (χ4n) is 4.12. The number of nitrogens with zero attached hydrogens (tertiary/aromatic N) is 1. The van der Waals surface area contributed by atoms with E-state index in [0.717, 1.165) is 18.4 Å². The van der Waals surface area contributed by atoms with E-state index in [4.69, 9.17) is 9.47 Å². The van der Waals surface area contributed by atoms with Crippen LogP contribution >= 0.6 is 0 Å². The smallest absolute Gasteiger partial charge is 0.407 e. The third-order valence-electron chi connectivity index (χ3n) is 5.92. The third-order valence-corrected chi connectivity index (χ3v) is 5.92. The number of likely N-dealkylation sites (tertiary alicyclic amines) is 1. The van der Waals surface area contributed by atoms with Gasteiger partial charge in [-0.25, -0.2) is 4.79 Å². The number of ether oxygens (including phenoxy) is 3. The van der Waals surface area contributed by atoms with Gasteiger partial charge < -0.3 is 24.4 Å². The molecular formula is C28H36N2O6. The Balaban J connectivity index is 1.51. The molecule has 0 spiro atoms. The molecule has 1 aliphatic rings. The Morgan fingerprint density at radius 2 is 1.75 bits per heavy atom. The molecule has 194 valence electrons. The molecule has 2 aromatic rings. The molecule has 1 saturated heterocycles. The summed E-state index contributed by atoms with van der Waals surface area (Å²) in [6.07, 6.45) is 1.45. The van der Waals surface area contributed by atoms with Crippen molar-refractivity contribution in [2.75, 3.05) is 26.8 Å². The molecule has 36 heavy (non-hydrogen) atoms. The Bertz CT molecular complexity index is 1050. The maximum absolute atomic E-state index is 13.1. The van der Waals surface area contributed by atoms with Crippen molar-refractivity contribution < 1.29 is 28.6 Å². The van der Waals surface area contributed by atoms with E-state index < -0.39 is 11.7 Å². The van der Waals surface area contributed by atoms with Gasteiger partial charge in [0.2, 0.25) is 0 Å². The third kappa shape index (κ3) is 8.29. The number of amides is 2. The second-order valence-corrected chi connectivity index (χ2v) is 9.87. The molecule has 3 rings (SSSR count). The Hall–Kier alpha value is -3.55. The fourth-order valence-corrected chi connectivity index (χ4v) is 4.12. The number of hydrogen-bond donors (Lipinski definition) is 1. The molecule has 0 bridgehead atoms. The highest BCUT2D eigenvalue weighted by atomic mass is 16.6. The fraction of sp³-hybridized carbons (Fsp3) is 0.464. The number of alkyl carbamates (subject to hydrolysis) is 1. The molecule has 1 heterocycles. The van der Waals surface area contributed by atoms with Gasteiger partial charge in [-0.05, 0) is 68.9 Å². The van der Waals surface area contributed by atoms with E-state index in [-0.39, 0.29) is 24.9 Å². The van der Waals surface area contributed by atoms with Crippen LogP contribution in [0.1, 0.15) is 67.4 Å². The highest BCUT2D eigenvalue weighted by Crippen LogP contribution is 2.29. The van der Waals surface area contributed by atoms with Crippen LogP contribution in [0, 0.1) is 0 Å². The molecule has 0 unspecified atom stereocenters. The lowest BCUT2D eigenvalue weighted by Crippen LogP contribution is -2.38. The van der Waals surface area contributed by atoms with Crippen LogP contribution in [0.5, 0.6) is 5.75 Å². The lowest BCUT2D eigenvalue weighted by atomic mass is 9.88. The van der Waals surface area contributed by atoms with E-state index in [1.54, 1.807) is 24.3 Å². The van der Waals surface area contributed by atoms with Crippen molar-refractivity contribution >= 4 is 18.0 Å². The Labute approximate surface area is 212 Å². The van der Waals surface area contributed by atoms with Gasteiger partial charge in [0.05, 0.1) is 20.1 Å². The van der Waals surface area contributed by atoms with Crippen molar-refractivity contribution in [1.29, 1.82) is 0 Å². The van der Waals surface area contributed by atoms with Crippen molar-refractivity contribution in [3.05, 3.63) is 65.2 Å². The molecule has 0 aliphatic carbocycles. The molecule has 0 atom stereocenters. The number of piperidine rings is 1. The van der Waals surface area contributed by atoms with E-state index in [2.05, 4.69) is 22.2 Å². The van der Waals surface area contributed by atoms with Crippen LogP contribution in [0.15, 0.2) is 48.5 Å². The van der Waals surface area contributed by atoms with Crippen LogP contribution in [0.25, 0.3) is 0 Å². The van der Waals surface area contributed by atoms with Gasteiger partial charge >= 0.3 is 12.1 Å². The number of hydrogen-bond acceptors (Lipinski definition) is 6. The van der Waals surface area contributed by atoms with E-state index in [1.165, 1.54) is 12.7 Å². The van der Waals surface area contributed by atoms with Crippen molar-refractivity contribution in [3.8, 4) is 5.75 Å². The van der Waals surface area contributed by atoms with Crippen LogP contribution in [0.3, 0.4) is 0 Å². The first-order chi connectivity index (χ1) is 17.1. The first-order valence-electron chi connectivity index (χ1n) is 12.3. The minimum atomic E-state index is -0.532. The van der Waals surface area contributed by atoms with E-state index in [1.807, 2.05) is 37.8 Å². The molecule has 1 N–H and O–H groups in total. The summed E-state index contributed by atoms with van der Waals surface area (Å²) in [5.74, 6) is 0.539. The maximum Gasteiger partial charge on any atom is 0.407 e. The summed E-state index contributed by atoms with van der Waals surface area (Å²) in [5, 5.41) is 2.80. The van der Waals surface area contributed by atoms with Crippen LogP contribution < -0.4 is 10.1 Å². The SMILES string of the molecule is COC(=O)CCOc1cccc(C(=O)N2CCC(c3cccc(CNC(=O)OC(C)(C)C)c3)CC2)c1. The Kier molecular flexibility index (Phi) is 9.33. The highest BCUT2D eigenvalue weighted by Gasteiger charge is 2.25. The molecule has 1 fully saturated rings. The van der Waals surface area contributed by atoms with Gasteiger partial charge in [-0.1, -0.05) is 30.3 Å². The molecule has 0 radical (unpaired) electrons. The topological polar surface area (TPSA) is 94.2 Å². The minimum absolute atomic E-state index is 0.0258. The van der Waals surface area contributed by atoms with Gasteiger partial charge in [-0.3, -0.25) is 9.59 Å². The highest BCUT2D eigenvalue weighted by molar-refractivity contribution is 5.94. The summed E-state index contributed by atoms with van der Waals surface area (Å²) in [5.41, 5.74) is 2.27. The number of esters is 1. The lowest BCUT2D eigenvalue weighted by molar-refractivity contribution is -0.141. The number of carbonyl (C=O) groups excluding carboxylic acids is 3. The summed E-state index contributed by atoms with van der Waals surface area (Å²) in [7, 11) is 1.34. The quantitative estimate of drug-likeness (QED) is 0.534. The second-order valence-electron chi connectivity index (χ2n) is 9.87. The van der Waals surface area contributed by atoms with E-state index >= 15 is 0 Å². The molecule has 2 amide bonds. The first-order valence-corrected chi connectivity index (χ1v) is 12.3. The average molecular weight is 497 g/mol. The summed E-state index contributed by atoms with van der Waals surface area (Å²) >= 11 is 0. The Morgan fingerprint density at radius 1 is 1.03 bits per heavy atom. The Morgan fingerprint density at radius 3 is 2.44 bits per heavy atom. The van der Waals surface area contributed by atoms with Gasteiger partial charge in [0.25, 0.3) is 5.91 Å². The molecule has 1 aliphatic heterocycles. The van der Waals surface area contributed by atoms with Crippen molar-refractivity contribution in [1.82, 2.24) is 10.2 Å². The molecule has 2 aromatic carbocycles. The van der Waals surface area contributed by atoms with E-state index in [0.29, 0.717) is 36.9 Å². The van der Waals surface area contributed by atoms with Crippen LogP contribution in [-0.2, 0) is 20.8 Å². The van der Waals surface area contributed by atoms with Crippen molar-refractivity contribution in [3.63, 3.8) is 0 Å². The number of benzene rings is 2. The summed E-state index contributed by atoms with van der Waals surface area (Å²) < 4.78 is 15.5. The van der Waals surface area contributed by atoms with Crippen molar-refractivity contribution in [2.24, 2.45) is 0 Å². The average Bonchev–Trinajstić information content (AvgIpc) is 2.86. The summed E-state index contributed by atoms with van der Waals surface area (Å²) in [6, 6.07) is 15.3. The lowest BCUT2D eigenvalue weighted by Gasteiger charge is -2.32. The first kappa shape index (κ1) is 27.0. The maximum atomic E-state index is 13.1. The number of nitrogens with one attached hydrogen (secondary N) is 1. The van der Waals surface area contributed by atoms with Gasteiger partial charge in [0.15, 0.2) is 0 Å². The predicted octanol–water partition coefficient (Wildman–Crippen LogP) is 4.67. The van der Waals surface area contributed by atoms with Gasteiger partial charge in [-0.15, -0.1) is 0 Å². The number of carbonyl (C=O) groups is 3. The standard InChI is InChI=1S/C28H36N2O6/c1-28(2,3)36-27(33)29-19-20-7-5-8-22(17-20)21-11-14-30(15-12-21)26(32)23-9-6-10-24(18-23)35-16-13-25(31)34-4/h5-10,17-18,21H,11-16,19H2,1-4H3,(H,29,33). The normalized spacial score (nSPS) is 14.2. The zero-order valence-electron chi connectivity index (χ0n) is 21.5. The number of methoxy groups -OCH3 is 1.